The summed E-state index contributed by atoms with van der Waals surface area (Å²) in [6.45, 7) is 0. The van der Waals surface area contributed by atoms with E-state index in [2.05, 4.69) is 4.98 Å². The van der Waals surface area contributed by atoms with Crippen molar-refractivity contribution in [1.29, 1.82) is 0 Å². The Labute approximate surface area is 102 Å². The average Bonchev–Trinajstić information content (AvgIpc) is 2.39. The van der Waals surface area contributed by atoms with Crippen molar-refractivity contribution < 1.29 is 14.5 Å². The predicted molar refractivity (Wildman–Crippen MR) is 62.8 cm³/mol. The van der Waals surface area contributed by atoms with Crippen molar-refractivity contribution in [2.24, 2.45) is 0 Å². The van der Waals surface area contributed by atoms with Gasteiger partial charge in [0, 0.05) is 23.9 Å². The molecule has 0 atom stereocenters. The van der Waals surface area contributed by atoms with E-state index in [9.17, 15) is 14.9 Å². The van der Waals surface area contributed by atoms with E-state index < -0.39 is 4.92 Å². The minimum atomic E-state index is -0.488. The van der Waals surface area contributed by atoms with Crippen LogP contribution in [0.15, 0.2) is 42.7 Å². The molecule has 0 saturated heterocycles. The summed E-state index contributed by atoms with van der Waals surface area (Å²) in [7, 11) is 0. The molecule has 0 fully saturated rings. The zero-order chi connectivity index (χ0) is 13.0. The summed E-state index contributed by atoms with van der Waals surface area (Å²) in [5.74, 6) is 0.832. The van der Waals surface area contributed by atoms with Crippen molar-refractivity contribution >= 4 is 12.0 Å². The van der Waals surface area contributed by atoms with E-state index in [0.29, 0.717) is 23.3 Å². The van der Waals surface area contributed by atoms with Gasteiger partial charge in [0.1, 0.15) is 11.5 Å². The van der Waals surface area contributed by atoms with Gasteiger partial charge in [-0.25, -0.2) is 0 Å². The SMILES string of the molecule is O=Cc1cncc(Oc2ccc([N+](=O)[O-])cc2)c1. The Morgan fingerprint density at radius 3 is 2.50 bits per heavy atom. The molecule has 6 heteroatoms. The highest BCUT2D eigenvalue weighted by Crippen LogP contribution is 2.23. The highest BCUT2D eigenvalue weighted by molar-refractivity contribution is 5.74. The molecule has 0 unspecified atom stereocenters. The van der Waals surface area contributed by atoms with Crippen LogP contribution < -0.4 is 4.74 Å². The molecule has 0 aliphatic heterocycles. The smallest absolute Gasteiger partial charge is 0.269 e. The first-order chi connectivity index (χ1) is 8.69. The third-order valence-electron chi connectivity index (χ3n) is 2.15. The molecule has 0 aliphatic rings. The molecule has 0 N–H and O–H groups in total. The fraction of sp³-hybridized carbons (Fsp3) is 0. The van der Waals surface area contributed by atoms with Crippen LogP contribution in [0.1, 0.15) is 10.4 Å². The van der Waals surface area contributed by atoms with Crippen molar-refractivity contribution in [2.75, 3.05) is 0 Å². The minimum absolute atomic E-state index is 0.0119. The lowest BCUT2D eigenvalue weighted by Crippen LogP contribution is -1.90. The second kappa shape index (κ2) is 5.05. The molecule has 1 aromatic carbocycles. The van der Waals surface area contributed by atoms with E-state index in [0.717, 1.165) is 0 Å². The number of non-ortho nitro benzene ring substituents is 1. The molecule has 18 heavy (non-hydrogen) atoms. The standard InChI is InChI=1S/C12H8N2O4/c15-8-9-5-12(7-13-6-9)18-11-3-1-10(2-4-11)14(16)17/h1-8H. The minimum Gasteiger partial charge on any atom is -0.456 e. The fourth-order valence-corrected chi connectivity index (χ4v) is 1.33. The molecule has 1 heterocycles. The van der Waals surface area contributed by atoms with Crippen LogP contribution in [0.2, 0.25) is 0 Å². The Kier molecular flexibility index (Phi) is 3.29. The second-order valence-electron chi connectivity index (χ2n) is 3.42. The van der Waals surface area contributed by atoms with Crippen LogP contribution in [0.4, 0.5) is 5.69 Å². The van der Waals surface area contributed by atoms with Gasteiger partial charge < -0.3 is 4.74 Å². The first kappa shape index (κ1) is 11.7. The number of rotatable bonds is 4. The number of nitro benzene ring substituents is 1. The number of carbonyl (C=O) groups excluding carboxylic acids is 1. The van der Waals surface area contributed by atoms with Crippen LogP contribution >= 0.6 is 0 Å². The summed E-state index contributed by atoms with van der Waals surface area (Å²) in [5, 5.41) is 10.5. The van der Waals surface area contributed by atoms with Crippen molar-refractivity contribution in [1.82, 2.24) is 4.98 Å². The quantitative estimate of drug-likeness (QED) is 0.469. The molecular weight excluding hydrogens is 236 g/mol. The van der Waals surface area contributed by atoms with E-state index in [1.54, 1.807) is 0 Å². The Morgan fingerprint density at radius 1 is 1.17 bits per heavy atom. The van der Waals surface area contributed by atoms with Gasteiger partial charge in [-0.05, 0) is 18.2 Å². The van der Waals surface area contributed by atoms with Crippen LogP contribution in [-0.2, 0) is 0 Å². The van der Waals surface area contributed by atoms with Gasteiger partial charge in [0.15, 0.2) is 6.29 Å². The highest BCUT2D eigenvalue weighted by Gasteiger charge is 2.05. The van der Waals surface area contributed by atoms with Gasteiger partial charge in [0.2, 0.25) is 0 Å². The highest BCUT2D eigenvalue weighted by atomic mass is 16.6. The molecule has 2 aromatic rings. The second-order valence-corrected chi connectivity index (χ2v) is 3.42. The van der Waals surface area contributed by atoms with Gasteiger partial charge in [-0.2, -0.15) is 0 Å². The van der Waals surface area contributed by atoms with Crippen molar-refractivity contribution in [3.05, 3.63) is 58.4 Å². The fourth-order valence-electron chi connectivity index (χ4n) is 1.33. The molecule has 2 rings (SSSR count). The van der Waals surface area contributed by atoms with Crippen molar-refractivity contribution in [3.8, 4) is 11.5 Å². The molecule has 0 spiro atoms. The Bertz CT molecular complexity index is 581. The van der Waals surface area contributed by atoms with Crippen LogP contribution in [0.5, 0.6) is 11.5 Å². The molecular formula is C12H8N2O4. The molecule has 1 aromatic heterocycles. The van der Waals surface area contributed by atoms with Crippen LogP contribution in [-0.4, -0.2) is 16.2 Å². The number of hydrogen-bond acceptors (Lipinski definition) is 5. The molecule has 0 aliphatic carbocycles. The molecule has 0 saturated carbocycles. The summed E-state index contributed by atoms with van der Waals surface area (Å²) in [5.41, 5.74) is 0.386. The summed E-state index contributed by atoms with van der Waals surface area (Å²) < 4.78 is 5.41. The largest absolute Gasteiger partial charge is 0.456 e. The van der Waals surface area contributed by atoms with Crippen molar-refractivity contribution in [2.45, 2.75) is 0 Å². The maximum Gasteiger partial charge on any atom is 0.269 e. The number of carbonyl (C=O) groups is 1. The monoisotopic (exact) mass is 244 g/mol. The Morgan fingerprint density at radius 2 is 1.89 bits per heavy atom. The van der Waals surface area contributed by atoms with Crippen molar-refractivity contribution in [3.63, 3.8) is 0 Å². The summed E-state index contributed by atoms with van der Waals surface area (Å²) in [4.78, 5) is 24.4. The molecule has 6 nitrogen and oxygen atoms in total. The molecule has 90 valence electrons. The molecule has 0 amide bonds. The van der Waals surface area contributed by atoms with Gasteiger partial charge in [-0.15, -0.1) is 0 Å². The zero-order valence-electron chi connectivity index (χ0n) is 9.15. The normalized spacial score (nSPS) is 9.78. The lowest BCUT2D eigenvalue weighted by atomic mass is 10.3. The van der Waals surface area contributed by atoms with Crippen LogP contribution in [0.3, 0.4) is 0 Å². The van der Waals surface area contributed by atoms with Gasteiger partial charge >= 0.3 is 0 Å². The number of benzene rings is 1. The van der Waals surface area contributed by atoms with E-state index >= 15 is 0 Å². The lowest BCUT2D eigenvalue weighted by Gasteiger charge is -2.04. The lowest BCUT2D eigenvalue weighted by molar-refractivity contribution is -0.384. The third-order valence-corrected chi connectivity index (χ3v) is 2.15. The van der Waals surface area contributed by atoms with E-state index in [-0.39, 0.29) is 5.69 Å². The van der Waals surface area contributed by atoms with Gasteiger partial charge in [0.05, 0.1) is 11.1 Å². The van der Waals surface area contributed by atoms with Gasteiger partial charge in [-0.1, -0.05) is 0 Å². The van der Waals surface area contributed by atoms with Crippen LogP contribution in [0, 0.1) is 10.1 Å². The number of aromatic nitrogens is 1. The number of hydrogen-bond donors (Lipinski definition) is 0. The zero-order valence-corrected chi connectivity index (χ0v) is 9.15. The molecule has 0 bridgehead atoms. The maximum absolute atomic E-state index is 10.6. The van der Waals surface area contributed by atoms with E-state index in [4.69, 9.17) is 4.74 Å². The summed E-state index contributed by atoms with van der Waals surface area (Å²) in [6, 6.07) is 7.16. The average molecular weight is 244 g/mol. The van der Waals surface area contributed by atoms with Crippen LogP contribution in [0.25, 0.3) is 0 Å². The Balaban J connectivity index is 2.17. The van der Waals surface area contributed by atoms with Gasteiger partial charge in [0.25, 0.3) is 5.69 Å². The number of nitrogens with zero attached hydrogens (tertiary/aromatic N) is 2. The van der Waals surface area contributed by atoms with Gasteiger partial charge in [-0.3, -0.25) is 19.9 Å². The maximum atomic E-state index is 10.6. The number of pyridine rings is 1. The summed E-state index contributed by atoms with van der Waals surface area (Å²) >= 11 is 0. The number of aldehydes is 1. The number of nitro groups is 1. The first-order valence-corrected chi connectivity index (χ1v) is 5.01. The summed E-state index contributed by atoms with van der Waals surface area (Å²) in [6.07, 6.45) is 3.53. The first-order valence-electron chi connectivity index (χ1n) is 5.01. The van der Waals surface area contributed by atoms with E-state index in [1.165, 1.54) is 42.7 Å². The molecule has 0 radical (unpaired) electrons. The number of ether oxygens (including phenoxy) is 1. The predicted octanol–water partition coefficient (Wildman–Crippen LogP) is 2.59. The third kappa shape index (κ3) is 2.67. The van der Waals surface area contributed by atoms with E-state index in [1.807, 2.05) is 0 Å². The topological polar surface area (TPSA) is 82.3 Å². The Hall–Kier alpha value is -2.76.